The Morgan fingerprint density at radius 1 is 1.12 bits per heavy atom. The monoisotopic (exact) mass is 362 g/mol. The number of nitrogens with one attached hydrogen (secondary N) is 2. The third-order valence-electron chi connectivity index (χ3n) is 4.19. The van der Waals surface area contributed by atoms with E-state index in [2.05, 4.69) is 34.0 Å². The number of aromatic amines is 1. The zero-order valence-electron chi connectivity index (χ0n) is 14.7. The van der Waals surface area contributed by atoms with Crippen molar-refractivity contribution in [3.8, 4) is 0 Å². The molecule has 1 aromatic heterocycles. The summed E-state index contributed by atoms with van der Waals surface area (Å²) in [7, 11) is 0. The summed E-state index contributed by atoms with van der Waals surface area (Å²) in [4.78, 5) is 9.66. The third kappa shape index (κ3) is 3.76. The molecule has 3 aromatic rings. The number of hydrogen-bond donors (Lipinski definition) is 2. The van der Waals surface area contributed by atoms with Crippen molar-refractivity contribution in [1.82, 2.24) is 9.97 Å². The van der Waals surface area contributed by atoms with Gasteiger partial charge in [-0.1, -0.05) is 19.1 Å². The second-order valence-corrected chi connectivity index (χ2v) is 6.03. The number of nitrogens with zero attached hydrogens (tertiary/aromatic N) is 2. The van der Waals surface area contributed by atoms with Gasteiger partial charge in [0, 0.05) is 18.8 Å². The van der Waals surface area contributed by atoms with E-state index in [-0.39, 0.29) is 11.6 Å². The topological polar surface area (TPSA) is 44.0 Å². The lowest BCUT2D eigenvalue weighted by molar-refractivity contribution is -0.136. The van der Waals surface area contributed by atoms with Gasteiger partial charge in [-0.2, -0.15) is 13.2 Å². The quantitative estimate of drug-likeness (QED) is 0.603. The van der Waals surface area contributed by atoms with Crippen molar-refractivity contribution in [2.75, 3.05) is 23.3 Å². The summed E-state index contributed by atoms with van der Waals surface area (Å²) < 4.78 is 39.4. The molecule has 0 aliphatic carbocycles. The Bertz CT molecular complexity index is 886. The van der Waals surface area contributed by atoms with Crippen LogP contribution in [-0.4, -0.2) is 23.1 Å². The van der Waals surface area contributed by atoms with Gasteiger partial charge in [0.05, 0.1) is 22.3 Å². The fourth-order valence-electron chi connectivity index (χ4n) is 2.96. The highest BCUT2D eigenvalue weighted by molar-refractivity contribution is 5.82. The molecule has 26 heavy (non-hydrogen) atoms. The van der Waals surface area contributed by atoms with Crippen molar-refractivity contribution in [2.24, 2.45) is 0 Å². The minimum absolute atomic E-state index is 0.0274. The fraction of sp³-hybridized carbons (Fsp3) is 0.316. The number of benzene rings is 2. The highest BCUT2D eigenvalue weighted by atomic mass is 19.4. The predicted octanol–water partition coefficient (Wildman–Crippen LogP) is 5.56. The highest BCUT2D eigenvalue weighted by Crippen LogP contribution is 2.35. The number of imidazole rings is 1. The lowest BCUT2D eigenvalue weighted by Gasteiger charge is -2.22. The minimum Gasteiger partial charge on any atom is -0.372 e. The summed E-state index contributed by atoms with van der Waals surface area (Å²) >= 11 is 0. The van der Waals surface area contributed by atoms with Gasteiger partial charge in [-0.25, -0.2) is 4.98 Å². The van der Waals surface area contributed by atoms with Crippen LogP contribution in [0, 0.1) is 0 Å². The van der Waals surface area contributed by atoms with Crippen LogP contribution in [0.4, 0.5) is 30.5 Å². The Morgan fingerprint density at radius 2 is 1.88 bits per heavy atom. The van der Waals surface area contributed by atoms with Gasteiger partial charge < -0.3 is 15.2 Å². The van der Waals surface area contributed by atoms with Gasteiger partial charge >= 0.3 is 6.18 Å². The molecule has 138 valence electrons. The molecule has 0 aliphatic heterocycles. The van der Waals surface area contributed by atoms with Crippen LogP contribution in [0.3, 0.4) is 0 Å². The Balaban J connectivity index is 1.91. The van der Waals surface area contributed by atoms with E-state index in [1.54, 1.807) is 6.07 Å². The Hall–Kier alpha value is -2.70. The zero-order valence-corrected chi connectivity index (χ0v) is 14.7. The predicted molar refractivity (Wildman–Crippen MR) is 99.0 cm³/mol. The molecule has 0 saturated heterocycles. The number of H-pyrrole nitrogens is 1. The molecular weight excluding hydrogens is 341 g/mol. The first-order chi connectivity index (χ1) is 12.4. The van der Waals surface area contributed by atoms with Gasteiger partial charge in [0.2, 0.25) is 5.95 Å². The Labute approximate surface area is 150 Å². The molecule has 0 aliphatic rings. The maximum Gasteiger partial charge on any atom is 0.418 e. The van der Waals surface area contributed by atoms with E-state index in [1.165, 1.54) is 12.1 Å². The van der Waals surface area contributed by atoms with E-state index in [9.17, 15) is 13.2 Å². The fourth-order valence-corrected chi connectivity index (χ4v) is 2.96. The molecule has 0 radical (unpaired) electrons. The maximum absolute atomic E-state index is 13.1. The number of fused-ring (bicyclic) bond motifs is 1. The molecule has 0 fully saturated rings. The number of anilines is 3. The van der Waals surface area contributed by atoms with Crippen molar-refractivity contribution >= 4 is 28.4 Å². The lowest BCUT2D eigenvalue weighted by atomic mass is 10.1. The summed E-state index contributed by atoms with van der Waals surface area (Å²) in [5, 5.41) is 2.76. The Morgan fingerprint density at radius 3 is 2.58 bits per heavy atom. The van der Waals surface area contributed by atoms with Gasteiger partial charge in [0.15, 0.2) is 0 Å². The van der Waals surface area contributed by atoms with Gasteiger partial charge in [-0.15, -0.1) is 0 Å². The molecule has 0 amide bonds. The number of hydrogen-bond acceptors (Lipinski definition) is 3. The number of halogens is 3. The molecule has 0 unspecified atom stereocenters. The molecule has 7 heteroatoms. The highest BCUT2D eigenvalue weighted by Gasteiger charge is 2.33. The van der Waals surface area contributed by atoms with Crippen LogP contribution in [0.2, 0.25) is 0 Å². The van der Waals surface area contributed by atoms with Crippen molar-refractivity contribution in [1.29, 1.82) is 0 Å². The van der Waals surface area contributed by atoms with Crippen LogP contribution in [0.15, 0.2) is 42.5 Å². The molecule has 0 spiro atoms. The van der Waals surface area contributed by atoms with Gasteiger partial charge in [0.25, 0.3) is 0 Å². The first-order valence-electron chi connectivity index (χ1n) is 8.60. The van der Waals surface area contributed by atoms with E-state index in [4.69, 9.17) is 0 Å². The minimum atomic E-state index is -4.43. The molecule has 3 rings (SSSR count). The molecule has 1 heterocycles. The first kappa shape index (κ1) is 18.1. The van der Waals surface area contributed by atoms with E-state index >= 15 is 0 Å². The van der Waals surface area contributed by atoms with Crippen molar-refractivity contribution in [3.05, 3.63) is 48.0 Å². The van der Waals surface area contributed by atoms with E-state index < -0.39 is 11.7 Å². The maximum atomic E-state index is 13.1. The van der Waals surface area contributed by atoms with Crippen LogP contribution >= 0.6 is 0 Å². The number of para-hydroxylation sites is 1. The summed E-state index contributed by atoms with van der Waals surface area (Å²) in [5.74, 6) is 0.285. The zero-order chi connectivity index (χ0) is 18.7. The molecular formula is C19H21F3N4. The van der Waals surface area contributed by atoms with Crippen LogP contribution in [0.25, 0.3) is 11.0 Å². The lowest BCUT2D eigenvalue weighted by Crippen LogP contribution is -2.23. The standard InChI is InChI=1S/C19H21F3N4/c1-3-11-26(4-2)13-9-10-16-17(12-13)25-18(24-16)23-15-8-6-5-7-14(15)19(20,21)22/h5-10,12H,3-4,11H2,1-2H3,(H2,23,24,25). The van der Waals surface area contributed by atoms with Crippen LogP contribution in [0.1, 0.15) is 25.8 Å². The number of alkyl halides is 3. The largest absolute Gasteiger partial charge is 0.418 e. The number of aromatic nitrogens is 2. The molecule has 0 saturated carbocycles. The van der Waals surface area contributed by atoms with Crippen LogP contribution in [0.5, 0.6) is 0 Å². The summed E-state index contributed by atoms with van der Waals surface area (Å²) in [5.41, 5.74) is 1.80. The van der Waals surface area contributed by atoms with Gasteiger partial charge in [-0.05, 0) is 43.7 Å². The second-order valence-electron chi connectivity index (χ2n) is 6.03. The van der Waals surface area contributed by atoms with Crippen molar-refractivity contribution in [3.63, 3.8) is 0 Å². The second kappa shape index (κ2) is 7.27. The SMILES string of the molecule is CCCN(CC)c1ccc2nc(Nc3ccccc3C(F)(F)F)[nH]c2c1. The molecule has 4 nitrogen and oxygen atoms in total. The van der Waals surface area contributed by atoms with Crippen LogP contribution in [-0.2, 0) is 6.18 Å². The van der Waals surface area contributed by atoms with E-state index in [0.717, 1.165) is 36.8 Å². The smallest absolute Gasteiger partial charge is 0.372 e. The Kier molecular flexibility index (Phi) is 5.06. The van der Waals surface area contributed by atoms with Gasteiger partial charge in [-0.3, -0.25) is 0 Å². The summed E-state index contributed by atoms with van der Waals surface area (Å²) in [6.45, 7) is 6.04. The van der Waals surface area contributed by atoms with Gasteiger partial charge in [0.1, 0.15) is 0 Å². The van der Waals surface area contributed by atoms with Crippen LogP contribution < -0.4 is 10.2 Å². The van der Waals surface area contributed by atoms with E-state index in [1.807, 2.05) is 18.2 Å². The molecule has 2 aromatic carbocycles. The molecule has 0 bridgehead atoms. The third-order valence-corrected chi connectivity index (χ3v) is 4.19. The average Bonchev–Trinajstić information content (AvgIpc) is 3.00. The molecule has 0 atom stereocenters. The molecule has 2 N–H and O–H groups in total. The van der Waals surface area contributed by atoms with Crippen molar-refractivity contribution < 1.29 is 13.2 Å². The van der Waals surface area contributed by atoms with Crippen molar-refractivity contribution in [2.45, 2.75) is 26.4 Å². The summed E-state index contributed by atoms with van der Waals surface area (Å²) in [6.07, 6.45) is -3.39. The normalized spacial score (nSPS) is 11.7. The average molecular weight is 362 g/mol. The summed E-state index contributed by atoms with van der Waals surface area (Å²) in [6, 6.07) is 11.2. The van der Waals surface area contributed by atoms with E-state index in [0.29, 0.717) is 5.52 Å². The first-order valence-corrected chi connectivity index (χ1v) is 8.60. The number of rotatable bonds is 6.